The maximum absolute atomic E-state index is 6.94. The zero-order valence-electron chi connectivity index (χ0n) is 20.6. The molecule has 4 nitrogen and oxygen atoms in total. The number of nitrogens with zero attached hydrogens (tertiary/aromatic N) is 2. The summed E-state index contributed by atoms with van der Waals surface area (Å²) < 4.78 is 13.1. The van der Waals surface area contributed by atoms with Gasteiger partial charge in [0.05, 0.1) is 12.1 Å². The number of fused-ring (bicyclic) bond motifs is 7. The molecule has 1 aliphatic heterocycles. The lowest BCUT2D eigenvalue weighted by Gasteiger charge is -2.27. The molecule has 0 N–H and O–H groups in total. The van der Waals surface area contributed by atoms with Gasteiger partial charge in [0.25, 0.3) is 0 Å². The number of halogens is 1. The largest absolute Gasteiger partial charge is 0.999 e. The van der Waals surface area contributed by atoms with Crippen molar-refractivity contribution >= 4 is 56.9 Å². The maximum Gasteiger partial charge on any atom is 0.999 e. The predicted octanol–water partition coefficient (Wildman–Crippen LogP) is 7.62. The number of rotatable bonds is 0. The summed E-state index contributed by atoms with van der Waals surface area (Å²) >= 11 is -2.68. The highest BCUT2D eigenvalue weighted by Gasteiger charge is 2.35. The van der Waals surface area contributed by atoms with Gasteiger partial charge in [-0.15, -0.1) is 0 Å². The van der Waals surface area contributed by atoms with Gasteiger partial charge in [-0.2, -0.15) is 10.0 Å². The first-order valence-electron chi connectivity index (χ1n) is 12.7. The molecule has 1 heterocycles. The van der Waals surface area contributed by atoms with E-state index >= 15 is 0 Å². The van der Waals surface area contributed by atoms with Crippen LogP contribution in [0.15, 0.2) is 82.8 Å². The first kappa shape index (κ1) is 23.6. The Labute approximate surface area is 220 Å². The van der Waals surface area contributed by atoms with E-state index in [1.807, 2.05) is 24.3 Å². The SMILES string of the molecule is CC1=N[C@@H]2CCCC[C@H]2N=C(C)c2ccc3ccccc3c2[O][Al]([Cl])[O]c2c1ccc1ccccc21. The van der Waals surface area contributed by atoms with Crippen molar-refractivity contribution in [1.82, 2.24) is 0 Å². The van der Waals surface area contributed by atoms with Crippen molar-refractivity contribution in [2.75, 3.05) is 0 Å². The third-order valence-corrected chi connectivity index (χ3v) is 8.75. The summed E-state index contributed by atoms with van der Waals surface area (Å²) in [5, 5.41) is 4.25. The van der Waals surface area contributed by atoms with Crippen LogP contribution in [0.5, 0.6) is 11.5 Å². The molecule has 1 saturated carbocycles. The molecule has 0 radical (unpaired) electrons. The zero-order valence-corrected chi connectivity index (χ0v) is 22.5. The van der Waals surface area contributed by atoms with Gasteiger partial charge in [-0.05, 0) is 49.6 Å². The van der Waals surface area contributed by atoms with E-state index in [9.17, 15) is 0 Å². The molecule has 1 fully saturated rings. The van der Waals surface area contributed by atoms with E-state index < -0.39 is 13.9 Å². The highest BCUT2D eigenvalue weighted by Crippen LogP contribution is 2.36. The Balaban J connectivity index is 1.58. The van der Waals surface area contributed by atoms with Gasteiger partial charge < -0.3 is 7.58 Å². The zero-order chi connectivity index (χ0) is 24.6. The van der Waals surface area contributed by atoms with E-state index in [-0.39, 0.29) is 12.1 Å². The molecule has 4 aromatic rings. The maximum atomic E-state index is 6.94. The molecular weight excluding hydrogens is 483 g/mol. The van der Waals surface area contributed by atoms with Crippen LogP contribution in [0.4, 0.5) is 0 Å². The lowest BCUT2D eigenvalue weighted by molar-refractivity contribution is 0.388. The summed E-state index contributed by atoms with van der Waals surface area (Å²) in [5.41, 5.74) is 3.86. The van der Waals surface area contributed by atoms with Crippen molar-refractivity contribution in [3.8, 4) is 11.5 Å². The first-order chi connectivity index (χ1) is 17.6. The second-order valence-electron chi connectivity index (χ2n) is 9.69. The third-order valence-electron chi connectivity index (χ3n) is 7.37. The van der Waals surface area contributed by atoms with Gasteiger partial charge in [0.15, 0.2) is 0 Å². The molecular formula is C30H28AlClN2O2. The van der Waals surface area contributed by atoms with E-state index in [0.29, 0.717) is 0 Å². The van der Waals surface area contributed by atoms with Crippen LogP contribution in [0, 0.1) is 0 Å². The van der Waals surface area contributed by atoms with Crippen LogP contribution in [-0.2, 0) is 0 Å². The summed E-state index contributed by atoms with van der Waals surface area (Å²) in [6.07, 6.45) is 4.43. The molecule has 0 saturated heterocycles. The van der Waals surface area contributed by atoms with Crippen molar-refractivity contribution in [1.29, 1.82) is 0 Å². The van der Waals surface area contributed by atoms with Crippen LogP contribution in [0.25, 0.3) is 21.5 Å². The molecule has 4 aromatic carbocycles. The van der Waals surface area contributed by atoms with Crippen molar-refractivity contribution in [3.63, 3.8) is 0 Å². The van der Waals surface area contributed by atoms with Gasteiger partial charge in [0, 0.05) is 33.3 Å². The summed E-state index contributed by atoms with van der Waals surface area (Å²) in [5.74, 6) is 1.51. The third kappa shape index (κ3) is 4.41. The Morgan fingerprint density at radius 3 is 1.58 bits per heavy atom. The average molecular weight is 511 g/mol. The van der Waals surface area contributed by atoms with Gasteiger partial charge in [0.1, 0.15) is 11.5 Å². The minimum absolute atomic E-state index is 0.141. The Morgan fingerprint density at radius 1 is 0.667 bits per heavy atom. The van der Waals surface area contributed by atoms with Crippen LogP contribution in [0.3, 0.4) is 0 Å². The van der Waals surface area contributed by atoms with Crippen LogP contribution in [0.2, 0.25) is 0 Å². The summed E-state index contributed by atoms with van der Waals surface area (Å²) in [6.45, 7) is 4.15. The van der Waals surface area contributed by atoms with Crippen molar-refractivity contribution in [2.45, 2.75) is 51.6 Å². The molecule has 36 heavy (non-hydrogen) atoms. The first-order valence-corrected chi connectivity index (χ1v) is 15.4. The summed E-state index contributed by atoms with van der Waals surface area (Å²) in [7, 11) is 6.94. The van der Waals surface area contributed by atoms with E-state index in [0.717, 1.165) is 68.4 Å². The van der Waals surface area contributed by atoms with Gasteiger partial charge in [0.2, 0.25) is 0 Å². The number of benzene rings is 4. The number of hydrogen-bond acceptors (Lipinski definition) is 4. The van der Waals surface area contributed by atoms with Gasteiger partial charge >= 0.3 is 13.9 Å². The molecule has 6 heteroatoms. The van der Waals surface area contributed by atoms with Crippen LogP contribution in [0.1, 0.15) is 50.7 Å². The molecule has 2 atom stereocenters. The van der Waals surface area contributed by atoms with Gasteiger partial charge in [-0.1, -0.05) is 73.5 Å². The fourth-order valence-electron chi connectivity index (χ4n) is 5.55. The molecule has 180 valence electrons. The van der Waals surface area contributed by atoms with Crippen molar-refractivity contribution in [3.05, 3.63) is 83.9 Å². The molecule has 0 amide bonds. The summed E-state index contributed by atoms with van der Waals surface area (Å²) in [4.78, 5) is 10.5. The van der Waals surface area contributed by atoms with E-state index in [1.165, 1.54) is 12.8 Å². The van der Waals surface area contributed by atoms with Crippen molar-refractivity contribution < 1.29 is 7.58 Å². The topological polar surface area (TPSA) is 43.2 Å². The van der Waals surface area contributed by atoms with Crippen LogP contribution >= 0.6 is 10.0 Å². The Bertz CT molecular complexity index is 1400. The number of aliphatic imine (C=N–C) groups is 2. The Hall–Kier alpha value is -2.84. The normalized spacial score (nSPS) is 20.4. The fourth-order valence-corrected chi connectivity index (χ4v) is 7.01. The van der Waals surface area contributed by atoms with E-state index in [2.05, 4.69) is 62.4 Å². The highest BCUT2D eigenvalue weighted by atomic mass is 35.6. The van der Waals surface area contributed by atoms with E-state index in [1.54, 1.807) is 0 Å². The lowest BCUT2D eigenvalue weighted by atomic mass is 9.90. The standard InChI is InChI=1S/C30H30N2O2.Al.ClH/c1-19(23-17-15-21-9-3-5-11-25(21)29(23)33)31-27-13-7-8-14-28(27)32-20(2)24-18-16-22-10-4-6-12-26(22)30(24)34;;/h3-6,9-12,15-18,27-28,33-34H,7-8,13-14H2,1-2H3;;1H/q;+3;/p-3/t27-,28-;;/m1../s1. The lowest BCUT2D eigenvalue weighted by Crippen LogP contribution is -2.29. The quantitative estimate of drug-likeness (QED) is 0.228. The molecule has 0 bridgehead atoms. The van der Waals surface area contributed by atoms with Gasteiger partial charge in [-0.3, -0.25) is 9.98 Å². The smallest absolute Gasteiger partial charge is 0.599 e. The van der Waals surface area contributed by atoms with E-state index in [4.69, 9.17) is 27.6 Å². The molecule has 0 aromatic heterocycles. The highest BCUT2D eigenvalue weighted by molar-refractivity contribution is 7.00. The fraction of sp³-hybridized carbons (Fsp3) is 0.267. The van der Waals surface area contributed by atoms with Crippen LogP contribution in [-0.4, -0.2) is 37.4 Å². The second kappa shape index (κ2) is 9.90. The minimum atomic E-state index is -2.68. The monoisotopic (exact) mass is 510 g/mol. The molecule has 2 aliphatic rings. The van der Waals surface area contributed by atoms with Gasteiger partial charge in [-0.25, -0.2) is 0 Å². The molecule has 0 unspecified atom stereocenters. The Kier molecular flexibility index (Phi) is 6.48. The molecule has 0 spiro atoms. The van der Waals surface area contributed by atoms with Crippen molar-refractivity contribution in [2.24, 2.45) is 9.98 Å². The predicted molar refractivity (Wildman–Crippen MR) is 151 cm³/mol. The average Bonchev–Trinajstić information content (AvgIpc) is 2.90. The molecule has 6 rings (SSSR count). The molecule has 1 aliphatic carbocycles. The summed E-state index contributed by atoms with van der Waals surface area (Å²) in [6, 6.07) is 25.2. The van der Waals surface area contributed by atoms with Crippen LogP contribution < -0.4 is 7.58 Å². The minimum Gasteiger partial charge on any atom is -0.599 e. The second-order valence-corrected chi connectivity index (χ2v) is 11.8. The Morgan fingerprint density at radius 2 is 1.11 bits per heavy atom. The number of hydrogen-bond donors (Lipinski definition) is 0.